The van der Waals surface area contributed by atoms with E-state index < -0.39 is 35.6 Å². The lowest BCUT2D eigenvalue weighted by Gasteiger charge is -2.32. The highest BCUT2D eigenvalue weighted by Crippen LogP contribution is 2.50. The number of carboxylic acids is 1. The van der Waals surface area contributed by atoms with Gasteiger partial charge in [0.15, 0.2) is 0 Å². The lowest BCUT2D eigenvalue weighted by molar-refractivity contribution is -0.376. The van der Waals surface area contributed by atoms with Crippen molar-refractivity contribution in [2.24, 2.45) is 0 Å². The van der Waals surface area contributed by atoms with Gasteiger partial charge < -0.3 is 19.7 Å². The van der Waals surface area contributed by atoms with E-state index in [4.69, 9.17) is 14.6 Å². The van der Waals surface area contributed by atoms with Gasteiger partial charge in [-0.25, -0.2) is 4.79 Å². The summed E-state index contributed by atoms with van der Waals surface area (Å²) in [6, 6.07) is 17.3. The van der Waals surface area contributed by atoms with Crippen LogP contribution in [0.5, 0.6) is 11.5 Å². The number of hydrogen-bond acceptors (Lipinski definition) is 4. The molecule has 0 bridgehead atoms. The third-order valence-corrected chi connectivity index (χ3v) is 5.24. The van der Waals surface area contributed by atoms with E-state index in [2.05, 4.69) is 0 Å². The molecule has 0 fully saturated rings. The van der Waals surface area contributed by atoms with Crippen molar-refractivity contribution in [2.45, 2.75) is 30.5 Å². The second kappa shape index (κ2) is 10.5. The Morgan fingerprint density at radius 3 is 1.81 bits per heavy atom. The molecule has 0 spiro atoms. The summed E-state index contributed by atoms with van der Waals surface area (Å²) < 4.78 is 90.2. The third-order valence-electron chi connectivity index (χ3n) is 5.24. The lowest BCUT2D eigenvalue weighted by atomic mass is 9.92. The second-order valence-electron chi connectivity index (χ2n) is 7.80. The summed E-state index contributed by atoms with van der Waals surface area (Å²) in [6.45, 7) is -0.0713. The number of hydrogen-bond donors (Lipinski definition) is 2. The SMILES string of the molecule is O=C(O)c1ccc(OC[C@H](Cc2ccccc2)Oc2ccc(C(O)(C(F)(F)F)C(F)(F)F)cc2)cc1. The first-order valence-corrected chi connectivity index (χ1v) is 10.4. The summed E-state index contributed by atoms with van der Waals surface area (Å²) >= 11 is 0. The van der Waals surface area contributed by atoms with Gasteiger partial charge in [-0.2, -0.15) is 26.3 Å². The highest BCUT2D eigenvalue weighted by Gasteiger charge is 2.71. The Morgan fingerprint density at radius 1 is 0.778 bits per heavy atom. The Bertz CT molecular complexity index is 1130. The van der Waals surface area contributed by atoms with Gasteiger partial charge in [0.05, 0.1) is 5.56 Å². The van der Waals surface area contributed by atoms with E-state index >= 15 is 0 Å². The van der Waals surface area contributed by atoms with Gasteiger partial charge in [-0.1, -0.05) is 42.5 Å². The van der Waals surface area contributed by atoms with Crippen LogP contribution in [0.15, 0.2) is 78.9 Å². The number of halogens is 6. The minimum atomic E-state index is -5.99. The zero-order chi connectivity index (χ0) is 26.6. The molecular weight excluding hydrogens is 494 g/mol. The van der Waals surface area contributed by atoms with E-state index in [-0.39, 0.29) is 24.3 Å². The van der Waals surface area contributed by atoms with Crippen LogP contribution in [0.3, 0.4) is 0 Å². The normalized spacial score (nSPS) is 13.2. The van der Waals surface area contributed by atoms with Gasteiger partial charge in [-0.3, -0.25) is 0 Å². The van der Waals surface area contributed by atoms with E-state index in [1.54, 1.807) is 30.3 Å². The Balaban J connectivity index is 1.79. The van der Waals surface area contributed by atoms with Gasteiger partial charge in [-0.15, -0.1) is 0 Å². The molecule has 11 heteroatoms. The topological polar surface area (TPSA) is 76.0 Å². The quantitative estimate of drug-likeness (QED) is 0.355. The van der Waals surface area contributed by atoms with Crippen molar-refractivity contribution in [1.29, 1.82) is 0 Å². The van der Waals surface area contributed by atoms with Crippen LogP contribution >= 0.6 is 0 Å². The molecule has 0 aromatic heterocycles. The maximum absolute atomic E-state index is 13.1. The Kier molecular flexibility index (Phi) is 7.83. The Morgan fingerprint density at radius 2 is 1.31 bits per heavy atom. The van der Waals surface area contributed by atoms with E-state index in [1.165, 1.54) is 24.3 Å². The first-order valence-electron chi connectivity index (χ1n) is 10.4. The van der Waals surface area contributed by atoms with E-state index in [0.717, 1.165) is 17.7 Å². The average Bonchev–Trinajstić information content (AvgIpc) is 2.82. The smallest absolute Gasteiger partial charge is 0.430 e. The summed E-state index contributed by atoms with van der Waals surface area (Å²) in [7, 11) is 0. The molecule has 0 aliphatic heterocycles. The second-order valence-corrected chi connectivity index (χ2v) is 7.80. The van der Waals surface area contributed by atoms with Gasteiger partial charge in [0, 0.05) is 12.0 Å². The molecule has 5 nitrogen and oxygen atoms in total. The van der Waals surface area contributed by atoms with Crippen LogP contribution in [0, 0.1) is 0 Å². The molecule has 0 aliphatic carbocycles. The van der Waals surface area contributed by atoms with Crippen molar-refractivity contribution in [3.8, 4) is 11.5 Å². The fourth-order valence-corrected chi connectivity index (χ4v) is 3.35. The fraction of sp³-hybridized carbons (Fsp3) is 0.240. The molecule has 0 amide bonds. The first kappa shape index (κ1) is 26.9. The molecular formula is C25H20F6O5. The van der Waals surface area contributed by atoms with Crippen molar-refractivity contribution in [3.63, 3.8) is 0 Å². The first-order chi connectivity index (χ1) is 16.8. The highest BCUT2D eigenvalue weighted by atomic mass is 19.4. The molecule has 0 saturated carbocycles. The summed E-state index contributed by atoms with van der Waals surface area (Å²) in [6.07, 6.45) is -12.4. The largest absolute Gasteiger partial charge is 0.490 e. The number of rotatable bonds is 9. The third kappa shape index (κ3) is 6.09. The minimum Gasteiger partial charge on any atom is -0.490 e. The van der Waals surface area contributed by atoms with E-state index in [9.17, 15) is 36.2 Å². The fourth-order valence-electron chi connectivity index (χ4n) is 3.35. The molecule has 0 heterocycles. The van der Waals surface area contributed by atoms with Gasteiger partial charge in [0.25, 0.3) is 5.60 Å². The van der Waals surface area contributed by atoms with Crippen LogP contribution in [-0.2, 0) is 12.0 Å². The molecule has 3 rings (SSSR count). The maximum Gasteiger partial charge on any atom is 0.430 e. The molecule has 36 heavy (non-hydrogen) atoms. The van der Waals surface area contributed by atoms with Crippen molar-refractivity contribution in [2.75, 3.05) is 6.61 Å². The summed E-state index contributed by atoms with van der Waals surface area (Å²) in [5.74, 6) is -0.827. The number of benzene rings is 3. The maximum atomic E-state index is 13.1. The van der Waals surface area contributed by atoms with Crippen LogP contribution in [0.25, 0.3) is 0 Å². The Hall–Kier alpha value is -3.73. The van der Waals surface area contributed by atoms with Crippen LogP contribution in [0.1, 0.15) is 21.5 Å². The summed E-state index contributed by atoms with van der Waals surface area (Å²) in [4.78, 5) is 11.0. The molecule has 192 valence electrons. The zero-order valence-corrected chi connectivity index (χ0v) is 18.4. The van der Waals surface area contributed by atoms with Crippen LogP contribution in [-0.4, -0.2) is 41.2 Å². The van der Waals surface area contributed by atoms with Gasteiger partial charge in [0.1, 0.15) is 24.2 Å². The van der Waals surface area contributed by atoms with Crippen LogP contribution < -0.4 is 9.47 Å². The molecule has 0 unspecified atom stereocenters. The highest BCUT2D eigenvalue weighted by molar-refractivity contribution is 5.87. The monoisotopic (exact) mass is 514 g/mol. The van der Waals surface area contributed by atoms with Crippen molar-refractivity contribution in [3.05, 3.63) is 95.6 Å². The van der Waals surface area contributed by atoms with Crippen molar-refractivity contribution >= 4 is 5.97 Å². The summed E-state index contributed by atoms with van der Waals surface area (Å²) in [5.41, 5.74) is -5.55. The number of carbonyl (C=O) groups is 1. The standard InChI is InChI=1S/C25H20F6O5/c26-24(27,28)23(34,25(29,30)31)18-8-12-20(13-9-18)36-21(14-16-4-2-1-3-5-16)15-35-19-10-6-17(7-11-19)22(32)33/h1-13,21,34H,14-15H2,(H,32,33)/t21-/m0/s1. The van der Waals surface area contributed by atoms with Gasteiger partial charge in [0.2, 0.25) is 0 Å². The number of alkyl halides is 6. The van der Waals surface area contributed by atoms with E-state index in [0.29, 0.717) is 17.9 Å². The molecule has 3 aromatic carbocycles. The zero-order valence-electron chi connectivity index (χ0n) is 18.4. The predicted octanol–water partition coefficient (Wildman–Crippen LogP) is 5.77. The molecule has 0 radical (unpaired) electrons. The minimum absolute atomic E-state index is 0.0452. The molecule has 2 N–H and O–H groups in total. The van der Waals surface area contributed by atoms with Gasteiger partial charge in [-0.05, 0) is 42.0 Å². The van der Waals surface area contributed by atoms with E-state index in [1.807, 2.05) is 0 Å². The number of carboxylic acid groups (broad SMARTS) is 1. The lowest BCUT2D eigenvalue weighted by Crippen LogP contribution is -2.53. The van der Waals surface area contributed by atoms with Crippen molar-refractivity contribution < 1.29 is 50.8 Å². The number of ether oxygens (including phenoxy) is 2. The molecule has 0 saturated heterocycles. The average molecular weight is 514 g/mol. The number of aromatic carboxylic acids is 1. The van der Waals surface area contributed by atoms with Gasteiger partial charge >= 0.3 is 18.3 Å². The summed E-state index contributed by atoms with van der Waals surface area (Å²) in [5, 5.41) is 18.5. The van der Waals surface area contributed by atoms with Crippen LogP contribution in [0.2, 0.25) is 0 Å². The Labute approximate surface area is 201 Å². The predicted molar refractivity (Wildman–Crippen MR) is 116 cm³/mol. The van der Waals surface area contributed by atoms with Crippen LogP contribution in [0.4, 0.5) is 26.3 Å². The molecule has 0 aliphatic rings. The molecule has 1 atom stereocenters. The van der Waals surface area contributed by atoms with Crippen molar-refractivity contribution in [1.82, 2.24) is 0 Å². The molecule has 3 aromatic rings. The number of aliphatic hydroxyl groups is 1.